The van der Waals surface area contributed by atoms with Gasteiger partial charge in [-0.2, -0.15) is 13.2 Å². The topological polar surface area (TPSA) is 119 Å². The first-order valence-corrected chi connectivity index (χ1v) is 9.71. The zero-order valence-electron chi connectivity index (χ0n) is 16.6. The first-order valence-electron chi connectivity index (χ1n) is 9.33. The predicted octanol–water partition coefficient (Wildman–Crippen LogP) is 3.80. The highest BCUT2D eigenvalue weighted by Gasteiger charge is 2.36. The highest BCUT2D eigenvalue weighted by atomic mass is 35.5. The summed E-state index contributed by atoms with van der Waals surface area (Å²) in [6, 6.07) is 7.56. The van der Waals surface area contributed by atoms with Gasteiger partial charge in [-0.1, -0.05) is 11.6 Å². The number of rotatable bonds is 6. The molecule has 1 N–H and O–H groups in total. The quantitative estimate of drug-likeness (QED) is 0.377. The molecule has 2 aromatic rings. The van der Waals surface area contributed by atoms with E-state index in [1.807, 2.05) is 0 Å². The molecule has 0 spiro atoms. The lowest BCUT2D eigenvalue weighted by Crippen LogP contribution is -2.28. The molecule has 0 bridgehead atoms. The summed E-state index contributed by atoms with van der Waals surface area (Å²) in [5, 5.41) is 12.7. The minimum absolute atomic E-state index is 0.0590. The van der Waals surface area contributed by atoms with Crippen LogP contribution in [0.25, 0.3) is 0 Å². The number of non-ortho nitro benzene ring substituents is 1. The normalized spacial score (nSPS) is 15.9. The molecular weight excluding hydrogens is 471 g/mol. The van der Waals surface area contributed by atoms with Crippen molar-refractivity contribution in [3.05, 3.63) is 63.2 Å². The number of nitro benzene ring substituents is 1. The number of halogens is 4. The second-order valence-corrected chi connectivity index (χ2v) is 7.43. The van der Waals surface area contributed by atoms with Crippen molar-refractivity contribution in [1.82, 2.24) is 0 Å². The van der Waals surface area contributed by atoms with Crippen molar-refractivity contribution in [1.29, 1.82) is 0 Å². The van der Waals surface area contributed by atoms with Gasteiger partial charge < -0.3 is 15.0 Å². The van der Waals surface area contributed by atoms with E-state index in [4.69, 9.17) is 16.3 Å². The summed E-state index contributed by atoms with van der Waals surface area (Å²) in [5.74, 6) is -3.07. The van der Waals surface area contributed by atoms with Gasteiger partial charge in [-0.3, -0.25) is 24.5 Å². The number of hydrogen-bond donors (Lipinski definition) is 1. The first-order chi connectivity index (χ1) is 15.5. The second kappa shape index (κ2) is 9.45. The van der Waals surface area contributed by atoms with E-state index in [1.54, 1.807) is 0 Å². The molecule has 9 nitrogen and oxygen atoms in total. The monoisotopic (exact) mass is 485 g/mol. The van der Waals surface area contributed by atoms with Crippen LogP contribution in [0.15, 0.2) is 42.5 Å². The third kappa shape index (κ3) is 5.77. The fourth-order valence-corrected chi connectivity index (χ4v) is 3.27. The van der Waals surface area contributed by atoms with Crippen LogP contribution in [0.5, 0.6) is 0 Å². The number of anilines is 2. The number of amides is 2. The van der Waals surface area contributed by atoms with E-state index in [1.165, 1.54) is 29.2 Å². The zero-order valence-corrected chi connectivity index (χ0v) is 17.4. The van der Waals surface area contributed by atoms with Crippen LogP contribution < -0.4 is 10.2 Å². The summed E-state index contributed by atoms with van der Waals surface area (Å²) in [6.07, 6.45) is -4.84. The number of nitrogens with zero attached hydrogens (tertiary/aromatic N) is 2. The van der Waals surface area contributed by atoms with Crippen LogP contribution in [0.3, 0.4) is 0 Å². The van der Waals surface area contributed by atoms with Crippen LogP contribution in [-0.2, 0) is 25.3 Å². The number of ether oxygens (including phenoxy) is 1. The molecule has 1 heterocycles. The molecule has 0 aromatic heterocycles. The fourth-order valence-electron chi connectivity index (χ4n) is 3.11. The van der Waals surface area contributed by atoms with Gasteiger partial charge in [0, 0.05) is 30.8 Å². The summed E-state index contributed by atoms with van der Waals surface area (Å²) in [6.45, 7) is -0.857. The Morgan fingerprint density at radius 1 is 1.21 bits per heavy atom. The van der Waals surface area contributed by atoms with E-state index in [0.29, 0.717) is 11.8 Å². The summed E-state index contributed by atoms with van der Waals surface area (Å²) in [7, 11) is 0. The maximum absolute atomic E-state index is 12.8. The van der Waals surface area contributed by atoms with Gasteiger partial charge in [-0.15, -0.1) is 0 Å². The number of carbonyl (C=O) groups excluding carboxylic acids is 3. The minimum atomic E-state index is -4.64. The Kier molecular flexibility index (Phi) is 6.86. The van der Waals surface area contributed by atoms with Crippen molar-refractivity contribution >= 4 is 46.4 Å². The molecule has 13 heteroatoms. The molecule has 0 radical (unpaired) electrons. The van der Waals surface area contributed by atoms with Crippen LogP contribution in [0.2, 0.25) is 5.02 Å². The highest BCUT2D eigenvalue weighted by Crippen LogP contribution is 2.34. The lowest BCUT2D eigenvalue weighted by atomic mass is 10.1. The molecule has 33 heavy (non-hydrogen) atoms. The van der Waals surface area contributed by atoms with Gasteiger partial charge >= 0.3 is 12.1 Å². The summed E-state index contributed by atoms with van der Waals surface area (Å²) in [4.78, 5) is 47.9. The molecule has 1 atom stereocenters. The lowest BCUT2D eigenvalue weighted by Gasteiger charge is -2.16. The molecule has 0 aliphatic carbocycles. The number of carbonyl (C=O) groups is 3. The van der Waals surface area contributed by atoms with Crippen molar-refractivity contribution in [2.45, 2.75) is 12.6 Å². The molecule has 1 fully saturated rings. The molecule has 2 aromatic carbocycles. The number of nitro groups is 1. The molecule has 0 unspecified atom stereocenters. The Labute approximate surface area is 189 Å². The number of esters is 1. The van der Waals surface area contributed by atoms with Crippen LogP contribution in [0.4, 0.5) is 30.2 Å². The van der Waals surface area contributed by atoms with Crippen LogP contribution >= 0.6 is 11.6 Å². The maximum Gasteiger partial charge on any atom is 0.416 e. The van der Waals surface area contributed by atoms with Gasteiger partial charge in [0.25, 0.3) is 11.6 Å². The Balaban J connectivity index is 1.56. The largest absolute Gasteiger partial charge is 0.455 e. The SMILES string of the molecule is O=C(COC(=O)[C@H]1CC(=O)N(c2ccc([N+](=O)[O-])cc2)C1)Nc1cc(C(F)(F)F)ccc1Cl. The van der Waals surface area contributed by atoms with E-state index >= 15 is 0 Å². The van der Waals surface area contributed by atoms with Gasteiger partial charge in [-0.25, -0.2) is 0 Å². The van der Waals surface area contributed by atoms with Crippen molar-refractivity contribution in [2.75, 3.05) is 23.4 Å². The molecule has 3 rings (SSSR count). The Hall–Kier alpha value is -3.67. The van der Waals surface area contributed by atoms with E-state index in [0.717, 1.165) is 12.1 Å². The minimum Gasteiger partial charge on any atom is -0.455 e. The number of alkyl halides is 3. The van der Waals surface area contributed by atoms with E-state index < -0.39 is 47.0 Å². The number of hydrogen-bond acceptors (Lipinski definition) is 6. The summed E-state index contributed by atoms with van der Waals surface area (Å²) < 4.78 is 43.4. The van der Waals surface area contributed by atoms with Gasteiger partial charge in [0.2, 0.25) is 5.91 Å². The number of benzene rings is 2. The molecular formula is C20H15ClF3N3O6. The molecule has 1 aliphatic heterocycles. The zero-order chi connectivity index (χ0) is 24.3. The van der Waals surface area contributed by atoms with Crippen LogP contribution in [-0.4, -0.2) is 35.9 Å². The van der Waals surface area contributed by atoms with E-state index in [-0.39, 0.29) is 29.4 Å². The first kappa shape index (κ1) is 24.0. The summed E-state index contributed by atoms with van der Waals surface area (Å²) in [5.41, 5.74) is -1.12. The van der Waals surface area contributed by atoms with Crippen molar-refractivity contribution in [2.24, 2.45) is 5.92 Å². The third-order valence-electron chi connectivity index (χ3n) is 4.74. The third-order valence-corrected chi connectivity index (χ3v) is 5.07. The highest BCUT2D eigenvalue weighted by molar-refractivity contribution is 6.33. The standard InChI is InChI=1S/C20H15ClF3N3O6/c21-15-6-1-12(20(22,23)24)8-16(15)25-17(28)10-33-19(30)11-7-18(29)26(9-11)13-2-4-14(5-3-13)27(31)32/h1-6,8,11H,7,9-10H2,(H,25,28)/t11-/m0/s1. The fraction of sp³-hybridized carbons (Fsp3) is 0.250. The molecule has 1 aliphatic rings. The van der Waals surface area contributed by atoms with E-state index in [2.05, 4.69) is 5.32 Å². The van der Waals surface area contributed by atoms with Crippen molar-refractivity contribution in [3.8, 4) is 0 Å². The maximum atomic E-state index is 12.8. The predicted molar refractivity (Wildman–Crippen MR) is 110 cm³/mol. The smallest absolute Gasteiger partial charge is 0.416 e. The molecule has 2 amide bonds. The van der Waals surface area contributed by atoms with E-state index in [9.17, 15) is 37.7 Å². The van der Waals surface area contributed by atoms with Crippen molar-refractivity contribution in [3.63, 3.8) is 0 Å². The van der Waals surface area contributed by atoms with Gasteiger partial charge in [0.1, 0.15) is 0 Å². The molecule has 174 valence electrons. The van der Waals surface area contributed by atoms with Crippen LogP contribution in [0.1, 0.15) is 12.0 Å². The van der Waals surface area contributed by atoms with Crippen molar-refractivity contribution < 1.29 is 37.2 Å². The Bertz CT molecular complexity index is 1110. The Morgan fingerprint density at radius 3 is 2.48 bits per heavy atom. The van der Waals surface area contributed by atoms with Gasteiger partial charge in [0.05, 0.1) is 27.1 Å². The number of nitrogens with one attached hydrogen (secondary N) is 1. The lowest BCUT2D eigenvalue weighted by molar-refractivity contribution is -0.384. The van der Waals surface area contributed by atoms with Crippen LogP contribution in [0, 0.1) is 16.0 Å². The molecule has 1 saturated heterocycles. The second-order valence-electron chi connectivity index (χ2n) is 7.03. The molecule has 0 saturated carbocycles. The average Bonchev–Trinajstić information content (AvgIpc) is 3.14. The summed E-state index contributed by atoms with van der Waals surface area (Å²) >= 11 is 5.80. The van der Waals surface area contributed by atoms with Gasteiger partial charge in [-0.05, 0) is 30.3 Å². The Morgan fingerprint density at radius 2 is 1.88 bits per heavy atom. The van der Waals surface area contributed by atoms with Gasteiger partial charge in [0.15, 0.2) is 6.61 Å². The average molecular weight is 486 g/mol.